The minimum Gasteiger partial charge on any atom is -0.140 e. The van der Waals surface area contributed by atoms with E-state index >= 15 is 0 Å². The standard InChI is InChI=1S/C9H7ClS2/c1-6-2-3-7(11-6)8-4-5-9(10)12-8/h2-5H,1H3. The van der Waals surface area contributed by atoms with Gasteiger partial charge in [-0.25, -0.2) is 0 Å². The second-order valence-electron chi connectivity index (χ2n) is 2.51. The van der Waals surface area contributed by atoms with Crippen LogP contribution in [-0.2, 0) is 0 Å². The summed E-state index contributed by atoms with van der Waals surface area (Å²) in [5.74, 6) is 0. The highest BCUT2D eigenvalue weighted by Crippen LogP contribution is 2.34. The molecular formula is C9H7ClS2. The van der Waals surface area contributed by atoms with E-state index in [1.165, 1.54) is 14.6 Å². The monoisotopic (exact) mass is 214 g/mol. The van der Waals surface area contributed by atoms with Gasteiger partial charge in [0.25, 0.3) is 0 Å². The van der Waals surface area contributed by atoms with Crippen LogP contribution in [0.2, 0.25) is 4.34 Å². The van der Waals surface area contributed by atoms with E-state index in [1.54, 1.807) is 22.7 Å². The first-order valence-corrected chi connectivity index (χ1v) is 5.59. The normalized spacial score (nSPS) is 10.5. The zero-order chi connectivity index (χ0) is 8.55. The predicted molar refractivity (Wildman–Crippen MR) is 57.4 cm³/mol. The summed E-state index contributed by atoms with van der Waals surface area (Å²) in [6, 6.07) is 8.28. The number of hydrogen-bond acceptors (Lipinski definition) is 2. The summed E-state index contributed by atoms with van der Waals surface area (Å²) >= 11 is 9.28. The predicted octanol–water partition coefficient (Wildman–Crippen LogP) is 4.44. The molecule has 0 aliphatic carbocycles. The van der Waals surface area contributed by atoms with Crippen LogP contribution in [0.15, 0.2) is 24.3 Å². The minimum atomic E-state index is 0.857. The smallest absolute Gasteiger partial charge is 0.0935 e. The molecule has 3 heteroatoms. The van der Waals surface area contributed by atoms with E-state index in [1.807, 2.05) is 6.07 Å². The molecule has 2 aromatic heterocycles. The first-order chi connectivity index (χ1) is 5.75. The van der Waals surface area contributed by atoms with Gasteiger partial charge in [-0.3, -0.25) is 0 Å². The minimum absolute atomic E-state index is 0.857. The molecule has 12 heavy (non-hydrogen) atoms. The summed E-state index contributed by atoms with van der Waals surface area (Å²) in [6.07, 6.45) is 0. The van der Waals surface area contributed by atoms with E-state index in [4.69, 9.17) is 11.6 Å². The Hall–Kier alpha value is -0.310. The van der Waals surface area contributed by atoms with Gasteiger partial charge in [0, 0.05) is 14.6 Å². The Kier molecular flexibility index (Phi) is 2.22. The Bertz CT molecular complexity index is 348. The fourth-order valence-corrected chi connectivity index (χ4v) is 3.01. The Morgan fingerprint density at radius 3 is 2.17 bits per heavy atom. The van der Waals surface area contributed by atoms with Crippen molar-refractivity contribution in [2.75, 3.05) is 0 Å². The van der Waals surface area contributed by atoms with E-state index in [2.05, 4.69) is 25.1 Å². The van der Waals surface area contributed by atoms with Crippen molar-refractivity contribution in [1.82, 2.24) is 0 Å². The molecule has 0 radical (unpaired) electrons. The molecule has 0 N–H and O–H groups in total. The van der Waals surface area contributed by atoms with Crippen molar-refractivity contribution >= 4 is 34.3 Å². The number of rotatable bonds is 1. The van der Waals surface area contributed by atoms with Crippen LogP contribution < -0.4 is 0 Å². The van der Waals surface area contributed by atoms with Crippen LogP contribution in [0.5, 0.6) is 0 Å². The molecule has 0 spiro atoms. The Morgan fingerprint density at radius 2 is 1.67 bits per heavy atom. The van der Waals surface area contributed by atoms with Gasteiger partial charge in [0.15, 0.2) is 0 Å². The SMILES string of the molecule is Cc1ccc(-c2ccc(Cl)s2)s1. The van der Waals surface area contributed by atoms with Crippen molar-refractivity contribution in [3.05, 3.63) is 33.5 Å². The summed E-state index contributed by atoms with van der Waals surface area (Å²) in [4.78, 5) is 3.91. The van der Waals surface area contributed by atoms with Gasteiger partial charge in [0.05, 0.1) is 4.34 Å². The number of thiophene rings is 2. The lowest BCUT2D eigenvalue weighted by Crippen LogP contribution is -1.55. The molecule has 0 atom stereocenters. The Labute approximate surface area is 84.4 Å². The Morgan fingerprint density at radius 1 is 1.00 bits per heavy atom. The second-order valence-corrected chi connectivity index (χ2v) is 5.52. The summed E-state index contributed by atoms with van der Waals surface area (Å²) in [7, 11) is 0. The molecule has 0 saturated carbocycles. The number of hydrogen-bond donors (Lipinski definition) is 0. The third-order valence-electron chi connectivity index (χ3n) is 1.56. The molecule has 62 valence electrons. The molecular weight excluding hydrogens is 208 g/mol. The van der Waals surface area contributed by atoms with Crippen molar-refractivity contribution in [2.45, 2.75) is 6.92 Å². The lowest BCUT2D eigenvalue weighted by Gasteiger charge is -1.86. The van der Waals surface area contributed by atoms with Crippen molar-refractivity contribution < 1.29 is 0 Å². The summed E-state index contributed by atoms with van der Waals surface area (Å²) in [5.41, 5.74) is 0. The largest absolute Gasteiger partial charge is 0.140 e. The summed E-state index contributed by atoms with van der Waals surface area (Å²) in [6.45, 7) is 2.11. The molecule has 0 aromatic carbocycles. The van der Waals surface area contributed by atoms with Gasteiger partial charge in [-0.15, -0.1) is 22.7 Å². The fourth-order valence-electron chi connectivity index (χ4n) is 1.01. The summed E-state index contributed by atoms with van der Waals surface area (Å²) < 4.78 is 0.857. The highest BCUT2D eigenvalue weighted by molar-refractivity contribution is 7.24. The molecule has 0 bridgehead atoms. The quantitative estimate of drug-likeness (QED) is 0.659. The maximum atomic E-state index is 5.84. The molecule has 0 aliphatic rings. The van der Waals surface area contributed by atoms with Crippen LogP contribution in [0.4, 0.5) is 0 Å². The lowest BCUT2D eigenvalue weighted by atomic mass is 10.4. The maximum Gasteiger partial charge on any atom is 0.0935 e. The zero-order valence-electron chi connectivity index (χ0n) is 6.50. The van der Waals surface area contributed by atoms with Gasteiger partial charge in [0.1, 0.15) is 0 Å². The van der Waals surface area contributed by atoms with Crippen LogP contribution >= 0.6 is 34.3 Å². The van der Waals surface area contributed by atoms with Crippen LogP contribution in [0.25, 0.3) is 9.75 Å². The topological polar surface area (TPSA) is 0 Å². The fraction of sp³-hybridized carbons (Fsp3) is 0.111. The summed E-state index contributed by atoms with van der Waals surface area (Å²) in [5, 5.41) is 0. The van der Waals surface area contributed by atoms with Crippen molar-refractivity contribution in [1.29, 1.82) is 0 Å². The molecule has 0 unspecified atom stereocenters. The van der Waals surface area contributed by atoms with Crippen molar-refractivity contribution in [3.63, 3.8) is 0 Å². The van der Waals surface area contributed by atoms with Crippen LogP contribution in [-0.4, -0.2) is 0 Å². The second kappa shape index (κ2) is 3.21. The Balaban J connectivity index is 2.43. The molecule has 2 rings (SSSR count). The van der Waals surface area contributed by atoms with E-state index < -0.39 is 0 Å². The molecule has 0 nitrogen and oxygen atoms in total. The van der Waals surface area contributed by atoms with E-state index in [9.17, 15) is 0 Å². The molecule has 0 saturated heterocycles. The highest BCUT2D eigenvalue weighted by atomic mass is 35.5. The molecule has 0 aliphatic heterocycles. The van der Waals surface area contributed by atoms with Gasteiger partial charge < -0.3 is 0 Å². The number of halogens is 1. The zero-order valence-corrected chi connectivity index (χ0v) is 8.89. The number of aryl methyl sites for hydroxylation is 1. The highest BCUT2D eigenvalue weighted by Gasteiger charge is 2.02. The molecule has 2 aromatic rings. The van der Waals surface area contributed by atoms with E-state index in [0.29, 0.717) is 0 Å². The lowest BCUT2D eigenvalue weighted by molar-refractivity contribution is 1.64. The van der Waals surface area contributed by atoms with E-state index in [0.717, 1.165) is 4.34 Å². The van der Waals surface area contributed by atoms with Crippen LogP contribution in [0, 0.1) is 6.92 Å². The average molecular weight is 215 g/mol. The average Bonchev–Trinajstić information content (AvgIpc) is 2.58. The molecule has 2 heterocycles. The first-order valence-electron chi connectivity index (χ1n) is 3.58. The van der Waals surface area contributed by atoms with Crippen molar-refractivity contribution in [2.24, 2.45) is 0 Å². The van der Waals surface area contributed by atoms with Gasteiger partial charge in [-0.1, -0.05) is 11.6 Å². The molecule has 0 amide bonds. The van der Waals surface area contributed by atoms with Gasteiger partial charge >= 0.3 is 0 Å². The third kappa shape index (κ3) is 1.56. The van der Waals surface area contributed by atoms with Crippen LogP contribution in [0.3, 0.4) is 0 Å². The van der Waals surface area contributed by atoms with Gasteiger partial charge in [0.2, 0.25) is 0 Å². The van der Waals surface area contributed by atoms with E-state index in [-0.39, 0.29) is 0 Å². The first kappa shape index (κ1) is 8.30. The molecule has 0 fully saturated rings. The third-order valence-corrected chi connectivity index (χ3v) is 3.98. The van der Waals surface area contributed by atoms with Crippen LogP contribution in [0.1, 0.15) is 4.88 Å². The maximum absolute atomic E-state index is 5.84. The van der Waals surface area contributed by atoms with Gasteiger partial charge in [-0.05, 0) is 31.2 Å². The van der Waals surface area contributed by atoms with Crippen molar-refractivity contribution in [3.8, 4) is 9.75 Å². The van der Waals surface area contributed by atoms with Gasteiger partial charge in [-0.2, -0.15) is 0 Å².